The van der Waals surface area contributed by atoms with E-state index in [4.69, 9.17) is 5.73 Å². The molecule has 0 aliphatic rings. The van der Waals surface area contributed by atoms with Crippen molar-refractivity contribution in [2.45, 2.75) is 90.4 Å². The normalized spacial score (nSPS) is 10.5. The summed E-state index contributed by atoms with van der Waals surface area (Å²) in [5.41, 5.74) is 5.92. The van der Waals surface area contributed by atoms with Crippen LogP contribution in [0, 0.1) is 0 Å². The van der Waals surface area contributed by atoms with Crippen LogP contribution in [-0.4, -0.2) is 73.2 Å². The average molecular weight is 527 g/mol. The molecule has 0 aromatic heterocycles. The Balaban J connectivity index is 3.65. The van der Waals surface area contributed by atoms with Crippen molar-refractivity contribution in [3.8, 4) is 0 Å². The molecule has 0 aliphatic carbocycles. The first kappa shape index (κ1) is 34.3. The van der Waals surface area contributed by atoms with Crippen molar-refractivity contribution in [1.82, 2.24) is 26.3 Å². The minimum Gasteiger partial charge on any atom is -0.356 e. The van der Waals surface area contributed by atoms with Crippen molar-refractivity contribution >= 4 is 23.6 Å². The van der Waals surface area contributed by atoms with E-state index in [1.54, 1.807) is 0 Å². The van der Waals surface area contributed by atoms with Gasteiger partial charge >= 0.3 is 0 Å². The number of hydrogen-bond donors (Lipinski definition) is 6. The Morgan fingerprint density at radius 1 is 0.649 bits per heavy atom. The maximum absolute atomic E-state index is 11.9. The summed E-state index contributed by atoms with van der Waals surface area (Å²) in [6.07, 6.45) is 8.80. The lowest BCUT2D eigenvalue weighted by atomic mass is 10.2. The van der Waals surface area contributed by atoms with Gasteiger partial charge in [0.2, 0.25) is 23.6 Å². The molecule has 0 radical (unpaired) electrons. The summed E-state index contributed by atoms with van der Waals surface area (Å²) in [7, 11) is 0. The molecule has 0 saturated heterocycles. The number of rotatable bonds is 24. The van der Waals surface area contributed by atoms with Gasteiger partial charge in [0.1, 0.15) is 0 Å². The maximum Gasteiger partial charge on any atom is 0.220 e. The molecule has 0 aliphatic heterocycles. The Morgan fingerprint density at radius 2 is 1.05 bits per heavy atom. The SMILES string of the molecule is C=C(CCC(=O)NCCCCCNC(C)=O)N(O)CCCCCNC(=O)CCC(=O)NCCCCCN. The first-order chi connectivity index (χ1) is 17.8. The topological polar surface area (TPSA) is 166 Å². The highest BCUT2D eigenvalue weighted by atomic mass is 16.5. The van der Waals surface area contributed by atoms with Crippen LogP contribution < -0.4 is 27.0 Å². The average Bonchev–Trinajstić information content (AvgIpc) is 2.86. The van der Waals surface area contributed by atoms with Gasteiger partial charge in [-0.05, 0) is 64.3 Å². The van der Waals surface area contributed by atoms with Crippen molar-refractivity contribution in [3.05, 3.63) is 12.3 Å². The molecule has 0 heterocycles. The fraction of sp³-hybridized carbons (Fsp3) is 0.769. The monoisotopic (exact) mass is 526 g/mol. The summed E-state index contributed by atoms with van der Waals surface area (Å²) >= 11 is 0. The summed E-state index contributed by atoms with van der Waals surface area (Å²) in [4.78, 5) is 46.3. The molecule has 0 fully saturated rings. The number of nitrogens with two attached hydrogens (primary N) is 1. The Labute approximate surface area is 222 Å². The first-order valence-corrected chi connectivity index (χ1v) is 13.6. The largest absolute Gasteiger partial charge is 0.356 e. The van der Waals surface area contributed by atoms with Crippen LogP contribution in [0.2, 0.25) is 0 Å². The summed E-state index contributed by atoms with van der Waals surface area (Å²) in [5, 5.41) is 22.4. The zero-order valence-electron chi connectivity index (χ0n) is 22.7. The molecule has 0 spiro atoms. The highest BCUT2D eigenvalue weighted by Gasteiger charge is 2.09. The number of hydrogen-bond acceptors (Lipinski definition) is 7. The molecule has 4 amide bonds. The van der Waals surface area contributed by atoms with Crippen molar-refractivity contribution in [3.63, 3.8) is 0 Å². The highest BCUT2D eigenvalue weighted by molar-refractivity contribution is 5.83. The number of carbonyl (C=O) groups excluding carboxylic acids is 4. The maximum atomic E-state index is 11.9. The van der Waals surface area contributed by atoms with Gasteiger partial charge in [-0.25, -0.2) is 0 Å². The number of nitrogens with one attached hydrogen (secondary N) is 4. The van der Waals surface area contributed by atoms with E-state index in [-0.39, 0.29) is 42.9 Å². The Morgan fingerprint density at radius 3 is 1.51 bits per heavy atom. The number of carbonyl (C=O) groups is 4. The van der Waals surface area contributed by atoms with E-state index in [1.807, 2.05) is 0 Å². The molecule has 0 rings (SSSR count). The van der Waals surface area contributed by atoms with Gasteiger partial charge in [0.05, 0.1) is 0 Å². The van der Waals surface area contributed by atoms with E-state index in [0.717, 1.165) is 62.9 Å². The molecule has 0 unspecified atom stereocenters. The summed E-state index contributed by atoms with van der Waals surface area (Å²) in [6.45, 7) is 8.79. The van der Waals surface area contributed by atoms with E-state index in [9.17, 15) is 24.4 Å². The standard InChI is InChI=1S/C26H50N6O5/c1-22(12-13-24(34)29-19-9-4-8-17-28-23(2)33)32(37)21-11-5-10-20-31-26(36)15-14-25(35)30-18-7-3-6-16-27/h37H,1,3-21,27H2,2H3,(H,28,33)(H,29,34)(H,30,35)(H,31,36). The minimum absolute atomic E-state index is 0.0325. The molecule has 7 N–H and O–H groups in total. The van der Waals surface area contributed by atoms with Gasteiger partial charge in [0, 0.05) is 64.6 Å². The van der Waals surface area contributed by atoms with Crippen molar-refractivity contribution in [2.75, 3.05) is 39.3 Å². The van der Waals surface area contributed by atoms with Crippen LogP contribution in [0.3, 0.4) is 0 Å². The van der Waals surface area contributed by atoms with Gasteiger partial charge in [-0.2, -0.15) is 0 Å². The molecule has 0 aromatic carbocycles. The smallest absolute Gasteiger partial charge is 0.220 e. The highest BCUT2D eigenvalue weighted by Crippen LogP contribution is 2.09. The second kappa shape index (κ2) is 23.7. The van der Waals surface area contributed by atoms with E-state index in [2.05, 4.69) is 27.8 Å². The molecule has 0 aromatic rings. The predicted molar refractivity (Wildman–Crippen MR) is 144 cm³/mol. The van der Waals surface area contributed by atoms with Crippen LogP contribution in [-0.2, 0) is 19.2 Å². The number of allylic oxidation sites excluding steroid dienone is 1. The number of nitrogens with zero attached hydrogens (tertiary/aromatic N) is 1. The second-order valence-electron chi connectivity index (χ2n) is 9.19. The van der Waals surface area contributed by atoms with Crippen LogP contribution in [0.15, 0.2) is 12.3 Å². The van der Waals surface area contributed by atoms with Crippen molar-refractivity contribution < 1.29 is 24.4 Å². The number of unbranched alkanes of at least 4 members (excludes halogenated alkanes) is 6. The third kappa shape index (κ3) is 23.5. The summed E-state index contributed by atoms with van der Waals surface area (Å²) in [5.74, 6) is -0.361. The number of amides is 4. The second-order valence-corrected chi connectivity index (χ2v) is 9.19. The molecular weight excluding hydrogens is 476 g/mol. The third-order valence-electron chi connectivity index (χ3n) is 5.71. The van der Waals surface area contributed by atoms with E-state index in [1.165, 1.54) is 6.92 Å². The number of hydroxylamine groups is 2. The van der Waals surface area contributed by atoms with Crippen molar-refractivity contribution in [2.24, 2.45) is 5.73 Å². The molecule has 37 heavy (non-hydrogen) atoms. The Hall–Kier alpha value is -2.66. The predicted octanol–water partition coefficient (Wildman–Crippen LogP) is 1.71. The van der Waals surface area contributed by atoms with Crippen molar-refractivity contribution in [1.29, 1.82) is 0 Å². The molecule has 0 saturated carbocycles. The third-order valence-corrected chi connectivity index (χ3v) is 5.71. The Bertz CT molecular complexity index is 674. The van der Waals surface area contributed by atoms with E-state index >= 15 is 0 Å². The van der Waals surface area contributed by atoms with Crippen LogP contribution >= 0.6 is 0 Å². The zero-order valence-corrected chi connectivity index (χ0v) is 22.7. The lowest BCUT2D eigenvalue weighted by molar-refractivity contribution is -0.126. The fourth-order valence-corrected chi connectivity index (χ4v) is 3.42. The molecular formula is C26H50N6O5. The molecule has 0 bridgehead atoms. The van der Waals surface area contributed by atoms with Crippen LogP contribution in [0.1, 0.15) is 90.4 Å². The zero-order chi connectivity index (χ0) is 27.7. The first-order valence-electron chi connectivity index (χ1n) is 13.6. The minimum atomic E-state index is -0.140. The van der Waals surface area contributed by atoms with E-state index in [0.29, 0.717) is 51.4 Å². The van der Waals surface area contributed by atoms with Gasteiger partial charge in [0.25, 0.3) is 0 Å². The lowest BCUT2D eigenvalue weighted by Gasteiger charge is -2.19. The van der Waals surface area contributed by atoms with Gasteiger partial charge in [0.15, 0.2) is 0 Å². The van der Waals surface area contributed by atoms with Gasteiger partial charge in [-0.3, -0.25) is 29.4 Å². The summed E-state index contributed by atoms with van der Waals surface area (Å²) < 4.78 is 0. The van der Waals surface area contributed by atoms with Gasteiger partial charge in [-0.15, -0.1) is 0 Å². The molecule has 0 atom stereocenters. The van der Waals surface area contributed by atoms with Gasteiger partial charge in [-0.1, -0.05) is 13.0 Å². The van der Waals surface area contributed by atoms with E-state index < -0.39 is 0 Å². The molecule has 214 valence electrons. The molecule has 11 nitrogen and oxygen atoms in total. The molecule has 11 heteroatoms. The fourth-order valence-electron chi connectivity index (χ4n) is 3.42. The Kier molecular flexibility index (Phi) is 22.0. The lowest BCUT2D eigenvalue weighted by Crippen LogP contribution is -2.29. The van der Waals surface area contributed by atoms with Crippen LogP contribution in [0.5, 0.6) is 0 Å². The van der Waals surface area contributed by atoms with Crippen LogP contribution in [0.4, 0.5) is 0 Å². The quantitative estimate of drug-likeness (QED) is 0.0822. The van der Waals surface area contributed by atoms with Gasteiger partial charge < -0.3 is 27.0 Å². The van der Waals surface area contributed by atoms with Crippen LogP contribution in [0.25, 0.3) is 0 Å². The summed E-state index contributed by atoms with van der Waals surface area (Å²) in [6, 6.07) is 0.